The fraction of sp³-hybridized carbons (Fsp3) is 0.154. The molecular formula is C26H22N4O2. The molecule has 1 aromatic heterocycles. The second kappa shape index (κ2) is 8.59. The molecule has 0 unspecified atom stereocenters. The van der Waals surface area contributed by atoms with Gasteiger partial charge in [0.05, 0.1) is 18.7 Å². The van der Waals surface area contributed by atoms with Crippen LogP contribution in [0.2, 0.25) is 0 Å². The van der Waals surface area contributed by atoms with Crippen molar-refractivity contribution in [3.05, 3.63) is 88.5 Å². The summed E-state index contributed by atoms with van der Waals surface area (Å²) in [5.74, 6) is 0.841. The van der Waals surface area contributed by atoms with Crippen LogP contribution in [0.25, 0.3) is 10.9 Å². The molecule has 2 aromatic carbocycles. The van der Waals surface area contributed by atoms with Crippen molar-refractivity contribution in [2.45, 2.75) is 12.8 Å². The van der Waals surface area contributed by atoms with E-state index in [9.17, 15) is 9.90 Å². The van der Waals surface area contributed by atoms with Crippen molar-refractivity contribution < 1.29 is 9.90 Å². The van der Waals surface area contributed by atoms with Gasteiger partial charge in [0.1, 0.15) is 5.84 Å². The molecule has 0 spiro atoms. The molecule has 158 valence electrons. The highest BCUT2D eigenvalue weighted by Crippen LogP contribution is 2.27. The van der Waals surface area contributed by atoms with E-state index >= 15 is 0 Å². The normalized spacial score (nSPS) is 15.1. The minimum Gasteiger partial charge on any atom is -0.494 e. The molecule has 0 saturated carbocycles. The molecule has 3 heterocycles. The number of hydrogen-bond acceptors (Lipinski definition) is 5. The second-order valence-corrected chi connectivity index (χ2v) is 7.88. The van der Waals surface area contributed by atoms with Crippen molar-refractivity contribution in [1.82, 2.24) is 4.98 Å². The van der Waals surface area contributed by atoms with E-state index in [1.54, 1.807) is 12.4 Å². The molecule has 5 rings (SSSR count). The number of aliphatic imine (C=N–C) groups is 3. The Morgan fingerprint density at radius 1 is 1.12 bits per heavy atom. The number of nitrogens with one attached hydrogen (secondary N) is 1. The summed E-state index contributed by atoms with van der Waals surface area (Å²) in [6.07, 6.45) is 10.1. The minimum absolute atomic E-state index is 0.0914. The lowest BCUT2D eigenvalue weighted by Crippen LogP contribution is -2.06. The number of nitrogens with zero attached hydrogens (tertiary/aromatic N) is 3. The summed E-state index contributed by atoms with van der Waals surface area (Å²) in [5, 5.41) is 11.3. The third kappa shape index (κ3) is 4.21. The quantitative estimate of drug-likeness (QED) is 0.589. The predicted molar refractivity (Wildman–Crippen MR) is 128 cm³/mol. The highest BCUT2D eigenvalue weighted by atomic mass is 16.3. The fourth-order valence-corrected chi connectivity index (χ4v) is 3.97. The molecule has 6 heteroatoms. The van der Waals surface area contributed by atoms with Gasteiger partial charge in [-0.25, -0.2) is 4.99 Å². The molecule has 3 aromatic rings. The maximum absolute atomic E-state index is 12.4. The maximum atomic E-state index is 12.4. The van der Waals surface area contributed by atoms with Crippen LogP contribution in [0.1, 0.15) is 22.3 Å². The number of aromatic nitrogens is 1. The topological polar surface area (TPSA) is 90.2 Å². The van der Waals surface area contributed by atoms with Gasteiger partial charge in [-0.1, -0.05) is 42.5 Å². The first-order valence-corrected chi connectivity index (χ1v) is 10.6. The largest absolute Gasteiger partial charge is 0.494 e. The average Bonchev–Trinajstić information content (AvgIpc) is 3.54. The van der Waals surface area contributed by atoms with Crippen molar-refractivity contribution in [3.63, 3.8) is 0 Å². The molecule has 32 heavy (non-hydrogen) atoms. The Kier molecular flexibility index (Phi) is 5.34. The van der Waals surface area contributed by atoms with Gasteiger partial charge in [-0.05, 0) is 41.3 Å². The highest BCUT2D eigenvalue weighted by molar-refractivity contribution is 6.14. The van der Waals surface area contributed by atoms with E-state index in [0.29, 0.717) is 36.5 Å². The van der Waals surface area contributed by atoms with Gasteiger partial charge in [-0.2, -0.15) is 0 Å². The number of H-pyrrole nitrogens is 1. The molecule has 0 saturated heterocycles. The SMILES string of the molecule is O=C(Cc1cccc(Cc2ccc3[nH]c(O)c(C=NC4=NCC=C4)c3c2)c1)C1=CCN=C1. The Hall–Kier alpha value is -4.06. The van der Waals surface area contributed by atoms with Crippen molar-refractivity contribution in [1.29, 1.82) is 0 Å². The molecule has 2 aliphatic rings. The molecule has 0 fully saturated rings. The van der Waals surface area contributed by atoms with E-state index in [4.69, 9.17) is 0 Å². The number of aromatic hydroxyl groups is 1. The zero-order chi connectivity index (χ0) is 21.9. The second-order valence-electron chi connectivity index (χ2n) is 7.88. The maximum Gasteiger partial charge on any atom is 0.198 e. The Morgan fingerprint density at radius 2 is 2.00 bits per heavy atom. The number of rotatable bonds is 6. The lowest BCUT2D eigenvalue weighted by atomic mass is 9.98. The van der Waals surface area contributed by atoms with E-state index in [0.717, 1.165) is 34.0 Å². The summed E-state index contributed by atoms with van der Waals surface area (Å²) in [6.45, 7) is 1.24. The summed E-state index contributed by atoms with van der Waals surface area (Å²) in [7, 11) is 0. The number of fused-ring (bicyclic) bond motifs is 1. The van der Waals surface area contributed by atoms with E-state index in [1.165, 1.54) is 0 Å². The molecule has 0 aliphatic carbocycles. The van der Waals surface area contributed by atoms with Crippen LogP contribution in [-0.4, -0.2) is 47.2 Å². The number of allylic oxidation sites excluding steroid dienone is 1. The summed E-state index contributed by atoms with van der Waals surface area (Å²) in [5.41, 5.74) is 5.43. The third-order valence-electron chi connectivity index (χ3n) is 5.57. The summed E-state index contributed by atoms with van der Waals surface area (Å²) in [6, 6.07) is 14.2. The van der Waals surface area contributed by atoms with Crippen LogP contribution < -0.4 is 0 Å². The van der Waals surface area contributed by atoms with Gasteiger partial charge in [0, 0.05) is 35.3 Å². The molecule has 0 bridgehead atoms. The predicted octanol–water partition coefficient (Wildman–Crippen LogP) is 3.97. The fourth-order valence-electron chi connectivity index (χ4n) is 3.97. The molecule has 2 N–H and O–H groups in total. The third-order valence-corrected chi connectivity index (χ3v) is 5.57. The Balaban J connectivity index is 1.37. The van der Waals surface area contributed by atoms with Gasteiger partial charge in [0.25, 0.3) is 0 Å². The van der Waals surface area contributed by atoms with Crippen LogP contribution >= 0.6 is 0 Å². The van der Waals surface area contributed by atoms with Gasteiger partial charge >= 0.3 is 0 Å². The van der Waals surface area contributed by atoms with E-state index in [-0.39, 0.29) is 11.7 Å². The van der Waals surface area contributed by atoms with Crippen LogP contribution in [0.15, 0.2) is 81.2 Å². The number of hydrogen-bond donors (Lipinski definition) is 2. The average molecular weight is 422 g/mol. The van der Waals surface area contributed by atoms with Crippen LogP contribution in [0.4, 0.5) is 0 Å². The molecule has 0 radical (unpaired) electrons. The molecule has 6 nitrogen and oxygen atoms in total. The van der Waals surface area contributed by atoms with Gasteiger partial charge in [0.2, 0.25) is 0 Å². The van der Waals surface area contributed by atoms with Crippen molar-refractivity contribution in [2.24, 2.45) is 15.0 Å². The van der Waals surface area contributed by atoms with Crippen LogP contribution in [0.3, 0.4) is 0 Å². The van der Waals surface area contributed by atoms with Crippen LogP contribution in [0, 0.1) is 0 Å². The smallest absolute Gasteiger partial charge is 0.198 e. The van der Waals surface area contributed by atoms with Crippen molar-refractivity contribution >= 4 is 35.0 Å². The molecule has 0 amide bonds. The van der Waals surface area contributed by atoms with Gasteiger partial charge in [-0.15, -0.1) is 0 Å². The summed E-state index contributed by atoms with van der Waals surface area (Å²) < 4.78 is 0. The zero-order valence-corrected chi connectivity index (χ0v) is 17.5. The van der Waals surface area contributed by atoms with Gasteiger partial charge < -0.3 is 10.1 Å². The van der Waals surface area contributed by atoms with Crippen molar-refractivity contribution in [3.8, 4) is 5.88 Å². The Bertz CT molecular complexity index is 1360. The molecule has 0 atom stereocenters. The number of ketones is 1. The first-order valence-electron chi connectivity index (χ1n) is 10.6. The number of amidine groups is 1. The monoisotopic (exact) mass is 422 g/mol. The number of Topliss-reactive ketones (excluding diaryl/α,β-unsaturated/α-hetero) is 1. The van der Waals surface area contributed by atoms with Crippen LogP contribution in [-0.2, 0) is 17.6 Å². The zero-order valence-electron chi connectivity index (χ0n) is 17.5. The number of carbonyl (C=O) groups excluding carboxylic acids is 1. The van der Waals surface area contributed by atoms with E-state index in [2.05, 4.69) is 38.2 Å². The lowest BCUT2D eigenvalue weighted by molar-refractivity contribution is -0.114. The van der Waals surface area contributed by atoms with E-state index < -0.39 is 0 Å². The molecule has 2 aliphatic heterocycles. The van der Waals surface area contributed by atoms with Crippen LogP contribution in [0.5, 0.6) is 5.88 Å². The van der Waals surface area contributed by atoms with E-state index in [1.807, 2.05) is 42.5 Å². The van der Waals surface area contributed by atoms with Gasteiger partial charge in [-0.3, -0.25) is 14.8 Å². The molecular weight excluding hydrogens is 400 g/mol. The number of carbonyl (C=O) groups is 1. The highest BCUT2D eigenvalue weighted by Gasteiger charge is 2.13. The Morgan fingerprint density at radius 3 is 2.81 bits per heavy atom. The van der Waals surface area contributed by atoms with Crippen molar-refractivity contribution in [2.75, 3.05) is 13.1 Å². The lowest BCUT2D eigenvalue weighted by Gasteiger charge is -2.06. The standard InChI is InChI=1S/C26H22N4O2/c31-24(20-8-10-27-15-20)14-18-4-1-3-17(11-18)12-19-6-7-23-21(13-19)22(26(32)30-23)16-29-25-5-2-9-28-25/h1-8,11,13,15-16,30,32H,9-10,12,14H2. The minimum atomic E-state index is 0.0914. The first-order chi connectivity index (χ1) is 15.7. The van der Waals surface area contributed by atoms with Gasteiger partial charge in [0.15, 0.2) is 11.7 Å². The summed E-state index contributed by atoms with van der Waals surface area (Å²) >= 11 is 0. The summed E-state index contributed by atoms with van der Waals surface area (Å²) in [4.78, 5) is 28.1. The number of benzene rings is 2. The first kappa shape index (κ1) is 19.9. The Labute approximate surface area is 185 Å². The number of aromatic amines is 1.